The van der Waals surface area contributed by atoms with Crippen molar-refractivity contribution in [1.29, 1.82) is 0 Å². The maximum absolute atomic E-state index is 12.8. The number of piperidine rings is 1. The second-order valence-electron chi connectivity index (χ2n) is 8.37. The van der Waals surface area contributed by atoms with E-state index < -0.39 is 6.04 Å². The molecule has 1 aliphatic heterocycles. The number of hydrogen-bond acceptors (Lipinski definition) is 4. The Hall–Kier alpha value is -1.43. The van der Waals surface area contributed by atoms with Crippen LogP contribution in [-0.4, -0.2) is 34.9 Å². The number of nitrogens with two attached hydrogens (primary N) is 1. The number of aromatic nitrogens is 1. The molecular weight excluding hydrogens is 378 g/mol. The first-order chi connectivity index (χ1) is 12.2. The minimum Gasteiger partial charge on any atom is -0.341 e. The van der Waals surface area contributed by atoms with Gasteiger partial charge in [0, 0.05) is 23.9 Å². The summed E-state index contributed by atoms with van der Waals surface area (Å²) < 4.78 is 0. The number of aryl methyl sites for hydroxylation is 1. The third-order valence-corrected chi connectivity index (χ3v) is 6.34. The van der Waals surface area contributed by atoms with Crippen LogP contribution in [0.4, 0.5) is 0 Å². The molecule has 2 N–H and O–H groups in total. The summed E-state index contributed by atoms with van der Waals surface area (Å²) in [5.41, 5.74) is 8.30. The number of carbonyl (C=O) groups is 1. The number of rotatable bonds is 3. The van der Waals surface area contributed by atoms with Gasteiger partial charge in [-0.05, 0) is 30.7 Å². The van der Waals surface area contributed by atoms with Crippen LogP contribution >= 0.6 is 23.7 Å². The second kappa shape index (κ2) is 8.29. The Balaban J connectivity index is 0.00000261. The average molecular weight is 408 g/mol. The van der Waals surface area contributed by atoms with Crippen LogP contribution in [0.5, 0.6) is 0 Å². The van der Waals surface area contributed by atoms with E-state index in [1.807, 2.05) is 38.7 Å². The zero-order valence-electron chi connectivity index (χ0n) is 16.6. The van der Waals surface area contributed by atoms with Crippen LogP contribution in [0.1, 0.15) is 49.9 Å². The Kier molecular flexibility index (Phi) is 6.72. The number of hydrogen-bond donors (Lipinski definition) is 1. The molecule has 27 heavy (non-hydrogen) atoms. The number of carbonyl (C=O) groups excluding carboxylic acids is 1. The van der Waals surface area contributed by atoms with Gasteiger partial charge in [-0.25, -0.2) is 4.98 Å². The van der Waals surface area contributed by atoms with Crippen molar-refractivity contribution in [3.63, 3.8) is 0 Å². The van der Waals surface area contributed by atoms with Crippen molar-refractivity contribution in [3.8, 4) is 0 Å². The van der Waals surface area contributed by atoms with Gasteiger partial charge in [-0.3, -0.25) is 4.79 Å². The van der Waals surface area contributed by atoms with Crippen molar-refractivity contribution in [2.45, 2.75) is 52.0 Å². The molecule has 1 fully saturated rings. The van der Waals surface area contributed by atoms with Gasteiger partial charge < -0.3 is 10.6 Å². The van der Waals surface area contributed by atoms with Gasteiger partial charge in [-0.15, -0.1) is 23.7 Å². The van der Waals surface area contributed by atoms with E-state index in [0.29, 0.717) is 13.1 Å². The number of benzene rings is 1. The zero-order chi connectivity index (χ0) is 18.9. The molecule has 0 aliphatic carbocycles. The van der Waals surface area contributed by atoms with Crippen LogP contribution in [0.25, 0.3) is 0 Å². The number of likely N-dealkylation sites (tertiary alicyclic amines) is 1. The molecule has 1 aromatic carbocycles. The maximum atomic E-state index is 12.8. The lowest BCUT2D eigenvalue weighted by Crippen LogP contribution is -2.54. The van der Waals surface area contributed by atoms with Crippen molar-refractivity contribution in [2.24, 2.45) is 11.1 Å². The predicted octanol–water partition coefficient (Wildman–Crippen LogP) is 4.16. The molecule has 0 unspecified atom stereocenters. The molecule has 0 radical (unpaired) electrons. The Morgan fingerprint density at radius 1 is 1.22 bits per heavy atom. The van der Waals surface area contributed by atoms with Gasteiger partial charge in [-0.2, -0.15) is 0 Å². The molecule has 1 aliphatic rings. The average Bonchev–Trinajstić information content (AvgIpc) is 3.07. The normalized spacial score (nSPS) is 17.9. The summed E-state index contributed by atoms with van der Waals surface area (Å²) >= 11 is 1.69. The SMILES string of the molecule is Cc1nc(C2(c3ccccc3)CCN(C(=O)[C@@H](N)C(C)(C)C)CC2)cs1.Cl. The largest absolute Gasteiger partial charge is 0.341 e. The Morgan fingerprint density at radius 2 is 1.81 bits per heavy atom. The van der Waals surface area contributed by atoms with Crippen molar-refractivity contribution in [1.82, 2.24) is 9.88 Å². The van der Waals surface area contributed by atoms with E-state index in [-0.39, 0.29) is 29.1 Å². The highest BCUT2D eigenvalue weighted by Crippen LogP contribution is 2.42. The number of thiazole rings is 1. The smallest absolute Gasteiger partial charge is 0.240 e. The molecule has 3 rings (SSSR count). The summed E-state index contributed by atoms with van der Waals surface area (Å²) in [6.07, 6.45) is 1.76. The second-order valence-corrected chi connectivity index (χ2v) is 9.43. The highest BCUT2D eigenvalue weighted by atomic mass is 35.5. The molecule has 6 heteroatoms. The Labute approximate surface area is 172 Å². The van der Waals surface area contributed by atoms with Crippen molar-refractivity contribution in [3.05, 3.63) is 52.0 Å². The predicted molar refractivity (Wildman–Crippen MR) is 115 cm³/mol. The van der Waals surface area contributed by atoms with Crippen molar-refractivity contribution >= 4 is 29.7 Å². The van der Waals surface area contributed by atoms with Gasteiger partial charge >= 0.3 is 0 Å². The van der Waals surface area contributed by atoms with E-state index in [9.17, 15) is 4.79 Å². The molecule has 0 saturated carbocycles. The number of nitrogens with zero attached hydrogens (tertiary/aromatic N) is 2. The fourth-order valence-electron chi connectivity index (χ4n) is 3.71. The number of halogens is 1. The van der Waals surface area contributed by atoms with E-state index in [0.717, 1.165) is 23.5 Å². The quantitative estimate of drug-likeness (QED) is 0.831. The third kappa shape index (κ3) is 4.36. The summed E-state index contributed by atoms with van der Waals surface area (Å²) in [7, 11) is 0. The van der Waals surface area contributed by atoms with Gasteiger partial charge in [0.1, 0.15) is 0 Å². The molecular formula is C21H30ClN3OS. The van der Waals surface area contributed by atoms with Crippen LogP contribution in [0.2, 0.25) is 0 Å². The lowest BCUT2D eigenvalue weighted by molar-refractivity contribution is -0.136. The van der Waals surface area contributed by atoms with Crippen molar-refractivity contribution < 1.29 is 4.79 Å². The lowest BCUT2D eigenvalue weighted by Gasteiger charge is -2.43. The fraction of sp³-hybridized carbons (Fsp3) is 0.524. The summed E-state index contributed by atoms with van der Waals surface area (Å²) in [5.74, 6) is 0.0635. The highest BCUT2D eigenvalue weighted by molar-refractivity contribution is 7.09. The minimum atomic E-state index is -0.465. The first kappa shape index (κ1) is 21.9. The molecule has 148 valence electrons. The Morgan fingerprint density at radius 3 is 2.30 bits per heavy atom. The van der Waals surface area contributed by atoms with Gasteiger partial charge in [0.15, 0.2) is 0 Å². The molecule has 2 heterocycles. The summed E-state index contributed by atoms with van der Waals surface area (Å²) in [5, 5.41) is 3.27. The third-order valence-electron chi connectivity index (χ3n) is 5.56. The van der Waals surface area contributed by atoms with Gasteiger partial charge in [0.05, 0.1) is 16.7 Å². The summed E-state index contributed by atoms with van der Waals surface area (Å²) in [6, 6.07) is 10.1. The van der Waals surface area contributed by atoms with Crippen molar-refractivity contribution in [2.75, 3.05) is 13.1 Å². The maximum Gasteiger partial charge on any atom is 0.240 e. The molecule has 1 amide bonds. The molecule has 1 atom stereocenters. The monoisotopic (exact) mass is 407 g/mol. The number of amides is 1. The van der Waals surface area contributed by atoms with E-state index in [1.54, 1.807) is 11.3 Å². The van der Waals surface area contributed by atoms with E-state index in [4.69, 9.17) is 10.7 Å². The standard InChI is InChI=1S/C21H29N3OS.ClH/c1-15-23-17(14-26-15)21(16-8-6-5-7-9-16)10-12-24(13-11-21)19(25)18(22)20(2,3)4;/h5-9,14,18H,10-13,22H2,1-4H3;1H/t18-;/m1./s1. The molecule has 1 saturated heterocycles. The van der Waals surface area contributed by atoms with Crippen LogP contribution in [-0.2, 0) is 10.2 Å². The van der Waals surface area contributed by atoms with Gasteiger partial charge in [0.2, 0.25) is 5.91 Å². The van der Waals surface area contributed by atoms with E-state index >= 15 is 0 Å². The van der Waals surface area contributed by atoms with Gasteiger partial charge in [0.25, 0.3) is 0 Å². The summed E-state index contributed by atoms with van der Waals surface area (Å²) in [6.45, 7) is 9.54. The van der Waals surface area contributed by atoms with E-state index in [1.165, 1.54) is 5.56 Å². The molecule has 0 spiro atoms. The highest BCUT2D eigenvalue weighted by Gasteiger charge is 2.42. The lowest BCUT2D eigenvalue weighted by atomic mass is 9.70. The first-order valence-corrected chi connectivity index (χ1v) is 10.1. The van der Waals surface area contributed by atoms with Crippen LogP contribution in [0.3, 0.4) is 0 Å². The molecule has 0 bridgehead atoms. The topological polar surface area (TPSA) is 59.2 Å². The van der Waals surface area contributed by atoms with Crippen LogP contribution in [0.15, 0.2) is 35.7 Å². The minimum absolute atomic E-state index is 0. The Bertz CT molecular complexity index is 761. The van der Waals surface area contributed by atoms with Crippen LogP contribution in [0, 0.1) is 12.3 Å². The molecule has 1 aromatic heterocycles. The molecule has 4 nitrogen and oxygen atoms in total. The van der Waals surface area contributed by atoms with Gasteiger partial charge in [-0.1, -0.05) is 51.1 Å². The first-order valence-electron chi connectivity index (χ1n) is 9.26. The zero-order valence-corrected chi connectivity index (χ0v) is 18.2. The molecule has 2 aromatic rings. The van der Waals surface area contributed by atoms with Crippen LogP contribution < -0.4 is 5.73 Å². The summed E-state index contributed by atoms with van der Waals surface area (Å²) in [4.78, 5) is 19.6. The fourth-order valence-corrected chi connectivity index (χ4v) is 4.42. The van der Waals surface area contributed by atoms with E-state index in [2.05, 4.69) is 29.6 Å².